The van der Waals surface area contributed by atoms with Gasteiger partial charge in [-0.15, -0.1) is 0 Å². The molecule has 1 aromatic heterocycles. The highest BCUT2D eigenvalue weighted by Crippen LogP contribution is 2.29. The zero-order chi connectivity index (χ0) is 20.1. The minimum Gasteiger partial charge on any atom is -0.494 e. The minimum absolute atomic E-state index is 0.128. The lowest BCUT2D eigenvalue weighted by atomic mass is 10.1. The van der Waals surface area contributed by atoms with E-state index in [4.69, 9.17) is 4.74 Å². The van der Waals surface area contributed by atoms with Crippen LogP contribution in [-0.4, -0.2) is 29.7 Å². The Kier molecular flexibility index (Phi) is 6.16. The molecule has 0 unspecified atom stereocenters. The molecule has 3 aromatic rings. The topological polar surface area (TPSA) is 80.3 Å². The Labute approximate surface area is 167 Å². The molecule has 0 saturated heterocycles. The average molecular weight is 395 g/mol. The fourth-order valence-electron chi connectivity index (χ4n) is 2.78. The molecule has 0 saturated carbocycles. The highest BCUT2D eigenvalue weighted by atomic mass is 32.2. The number of rotatable bonds is 6. The zero-order valence-electron chi connectivity index (χ0n) is 15.9. The molecule has 0 atom stereocenters. The number of nitrogens with zero attached hydrogens (tertiary/aromatic N) is 1. The average Bonchev–Trinajstić information content (AvgIpc) is 2.67. The summed E-state index contributed by atoms with van der Waals surface area (Å²) in [4.78, 5) is 28.0. The quantitative estimate of drug-likeness (QED) is 0.610. The lowest BCUT2D eigenvalue weighted by Gasteiger charge is -2.10. The van der Waals surface area contributed by atoms with Gasteiger partial charge in [-0.3, -0.25) is 9.59 Å². The van der Waals surface area contributed by atoms with Crippen molar-refractivity contribution in [1.82, 2.24) is 4.98 Å². The van der Waals surface area contributed by atoms with Crippen LogP contribution in [0.15, 0.2) is 53.6 Å². The maximum absolute atomic E-state index is 12.3. The molecule has 144 valence electrons. The number of aryl methyl sites for hydroxylation is 1. The van der Waals surface area contributed by atoms with E-state index in [1.807, 2.05) is 31.2 Å². The molecule has 0 aliphatic heterocycles. The van der Waals surface area contributed by atoms with Gasteiger partial charge in [0.1, 0.15) is 11.3 Å². The van der Waals surface area contributed by atoms with E-state index in [1.165, 1.54) is 18.7 Å². The summed E-state index contributed by atoms with van der Waals surface area (Å²) >= 11 is 1.37. The Morgan fingerprint density at radius 3 is 2.39 bits per heavy atom. The number of ether oxygens (including phenoxy) is 1. The maximum Gasteiger partial charge on any atom is 0.234 e. The molecule has 2 aromatic carbocycles. The number of aromatic nitrogens is 1. The molecule has 6 nitrogen and oxygen atoms in total. The van der Waals surface area contributed by atoms with Crippen molar-refractivity contribution in [1.29, 1.82) is 0 Å². The summed E-state index contributed by atoms with van der Waals surface area (Å²) in [6.07, 6.45) is 0. The van der Waals surface area contributed by atoms with Crippen LogP contribution in [0.5, 0.6) is 5.75 Å². The highest BCUT2D eigenvalue weighted by molar-refractivity contribution is 7.99. The number of anilines is 2. The first-order valence-electron chi connectivity index (χ1n) is 8.71. The van der Waals surface area contributed by atoms with Crippen LogP contribution in [0.3, 0.4) is 0 Å². The number of nitrogens with one attached hydrogen (secondary N) is 2. The lowest BCUT2D eigenvalue weighted by Crippen LogP contribution is -2.14. The van der Waals surface area contributed by atoms with E-state index in [9.17, 15) is 9.59 Å². The van der Waals surface area contributed by atoms with Crippen molar-refractivity contribution in [2.75, 3.05) is 23.5 Å². The van der Waals surface area contributed by atoms with Crippen LogP contribution in [0.1, 0.15) is 12.5 Å². The number of hydrogen-bond donors (Lipinski definition) is 2. The first-order chi connectivity index (χ1) is 13.5. The fourth-order valence-corrected chi connectivity index (χ4v) is 3.54. The van der Waals surface area contributed by atoms with Gasteiger partial charge in [-0.2, -0.15) is 0 Å². The van der Waals surface area contributed by atoms with Crippen LogP contribution >= 0.6 is 11.8 Å². The second-order valence-corrected chi connectivity index (χ2v) is 7.22. The van der Waals surface area contributed by atoms with Gasteiger partial charge in [-0.25, -0.2) is 4.98 Å². The van der Waals surface area contributed by atoms with Gasteiger partial charge < -0.3 is 15.4 Å². The summed E-state index contributed by atoms with van der Waals surface area (Å²) in [5.74, 6) is 0.687. The second-order valence-electron chi connectivity index (χ2n) is 6.23. The molecule has 0 aliphatic carbocycles. The van der Waals surface area contributed by atoms with Crippen molar-refractivity contribution in [3.63, 3.8) is 0 Å². The predicted octanol–water partition coefficient (Wildman–Crippen LogP) is 4.24. The molecule has 3 rings (SSSR count). The van der Waals surface area contributed by atoms with Crippen LogP contribution < -0.4 is 15.4 Å². The maximum atomic E-state index is 12.3. The third-order valence-electron chi connectivity index (χ3n) is 4.05. The number of pyridine rings is 1. The van der Waals surface area contributed by atoms with Gasteiger partial charge in [-0.1, -0.05) is 23.9 Å². The van der Waals surface area contributed by atoms with Crippen molar-refractivity contribution in [3.05, 3.63) is 54.1 Å². The SMILES string of the molecule is COc1cccc2c(C)cc(SCC(=O)Nc3ccc(NC(C)=O)cc3)nc12. The fraction of sp³-hybridized carbons (Fsp3) is 0.190. The van der Waals surface area contributed by atoms with E-state index in [0.717, 1.165) is 21.5 Å². The van der Waals surface area contributed by atoms with Crippen LogP contribution in [0.2, 0.25) is 0 Å². The van der Waals surface area contributed by atoms with E-state index in [-0.39, 0.29) is 17.6 Å². The van der Waals surface area contributed by atoms with Crippen molar-refractivity contribution in [3.8, 4) is 5.75 Å². The van der Waals surface area contributed by atoms with Gasteiger partial charge in [0.2, 0.25) is 11.8 Å². The number of carbonyl (C=O) groups excluding carboxylic acids is 2. The second kappa shape index (κ2) is 8.75. The molecular formula is C21H21N3O3S. The summed E-state index contributed by atoms with van der Waals surface area (Å²) in [5.41, 5.74) is 3.23. The number of methoxy groups -OCH3 is 1. The van der Waals surface area contributed by atoms with E-state index >= 15 is 0 Å². The van der Waals surface area contributed by atoms with E-state index < -0.39 is 0 Å². The molecule has 0 aliphatic rings. The van der Waals surface area contributed by atoms with Gasteiger partial charge in [-0.05, 0) is 48.9 Å². The van der Waals surface area contributed by atoms with Crippen LogP contribution in [-0.2, 0) is 9.59 Å². The molecule has 7 heteroatoms. The monoisotopic (exact) mass is 395 g/mol. The molecular weight excluding hydrogens is 374 g/mol. The Morgan fingerprint density at radius 1 is 1.07 bits per heavy atom. The van der Waals surface area contributed by atoms with Crippen molar-refractivity contribution < 1.29 is 14.3 Å². The Hall–Kier alpha value is -3.06. The number of fused-ring (bicyclic) bond motifs is 1. The van der Waals surface area contributed by atoms with Crippen molar-refractivity contribution in [2.45, 2.75) is 18.9 Å². The minimum atomic E-state index is -0.136. The van der Waals surface area contributed by atoms with E-state index in [1.54, 1.807) is 31.4 Å². The largest absolute Gasteiger partial charge is 0.494 e. The smallest absolute Gasteiger partial charge is 0.234 e. The number of para-hydroxylation sites is 1. The molecule has 0 radical (unpaired) electrons. The number of benzene rings is 2. The molecule has 28 heavy (non-hydrogen) atoms. The first-order valence-corrected chi connectivity index (χ1v) is 9.69. The van der Waals surface area contributed by atoms with Gasteiger partial charge in [0, 0.05) is 23.7 Å². The number of hydrogen-bond acceptors (Lipinski definition) is 5. The molecule has 2 amide bonds. The van der Waals surface area contributed by atoms with Crippen LogP contribution in [0.25, 0.3) is 10.9 Å². The third kappa shape index (κ3) is 4.80. The summed E-state index contributed by atoms with van der Waals surface area (Å²) < 4.78 is 5.40. The summed E-state index contributed by atoms with van der Waals surface area (Å²) in [6, 6.07) is 14.8. The normalized spacial score (nSPS) is 10.5. The standard InChI is InChI=1S/C21H21N3O3S/c1-13-11-20(24-21-17(13)5-4-6-18(21)27-3)28-12-19(26)23-16-9-7-15(8-10-16)22-14(2)25/h4-11H,12H2,1-3H3,(H,22,25)(H,23,26). The van der Waals surface area contributed by atoms with Crippen LogP contribution in [0, 0.1) is 6.92 Å². The predicted molar refractivity (Wildman–Crippen MR) is 113 cm³/mol. The zero-order valence-corrected chi connectivity index (χ0v) is 16.7. The number of thioether (sulfide) groups is 1. The van der Waals surface area contributed by atoms with E-state index in [2.05, 4.69) is 15.6 Å². The summed E-state index contributed by atoms with van der Waals surface area (Å²) in [5, 5.41) is 7.33. The van der Waals surface area contributed by atoms with Gasteiger partial charge >= 0.3 is 0 Å². The summed E-state index contributed by atoms with van der Waals surface area (Å²) in [6.45, 7) is 3.47. The van der Waals surface area contributed by atoms with Gasteiger partial charge in [0.25, 0.3) is 0 Å². The number of amides is 2. The van der Waals surface area contributed by atoms with Gasteiger partial charge in [0.15, 0.2) is 0 Å². The molecule has 0 spiro atoms. The van der Waals surface area contributed by atoms with Crippen molar-refractivity contribution >= 4 is 45.9 Å². The lowest BCUT2D eigenvalue weighted by molar-refractivity contribution is -0.114. The Morgan fingerprint density at radius 2 is 1.75 bits per heavy atom. The molecule has 2 N–H and O–H groups in total. The van der Waals surface area contributed by atoms with E-state index in [0.29, 0.717) is 17.1 Å². The highest BCUT2D eigenvalue weighted by Gasteiger charge is 2.10. The number of carbonyl (C=O) groups is 2. The Bertz CT molecular complexity index is 1020. The third-order valence-corrected chi connectivity index (χ3v) is 4.96. The summed E-state index contributed by atoms with van der Waals surface area (Å²) in [7, 11) is 1.62. The molecule has 1 heterocycles. The first kappa shape index (κ1) is 19.7. The van der Waals surface area contributed by atoms with Crippen molar-refractivity contribution in [2.24, 2.45) is 0 Å². The molecule has 0 fully saturated rings. The molecule has 0 bridgehead atoms. The Balaban J connectivity index is 1.65. The van der Waals surface area contributed by atoms with Crippen LogP contribution in [0.4, 0.5) is 11.4 Å². The van der Waals surface area contributed by atoms with Gasteiger partial charge in [0.05, 0.1) is 17.9 Å².